The van der Waals surface area contributed by atoms with Gasteiger partial charge in [0.2, 0.25) is 0 Å². The average Bonchev–Trinajstić information content (AvgIpc) is 2.97. The maximum Gasteiger partial charge on any atom is -1.00 e. The molecule has 4 heteroatoms. The molecule has 0 amide bonds. The van der Waals surface area contributed by atoms with Crippen molar-refractivity contribution in [3.63, 3.8) is 0 Å². The van der Waals surface area contributed by atoms with Gasteiger partial charge in [-0.15, -0.1) is 26.7 Å². The molecule has 0 N–H and O–H groups in total. The van der Waals surface area contributed by atoms with Gasteiger partial charge >= 0.3 is 38.5 Å². The van der Waals surface area contributed by atoms with Crippen LogP contribution >= 0.6 is 0 Å². The van der Waals surface area contributed by atoms with Crippen LogP contribution in [0, 0.1) is 12.2 Å². The Morgan fingerprint density at radius 1 is 0.909 bits per heavy atom. The van der Waals surface area contributed by atoms with Gasteiger partial charge in [-0.3, -0.25) is 12.2 Å². The predicted molar refractivity (Wildman–Crippen MR) is 88.3 cm³/mol. The van der Waals surface area contributed by atoms with Gasteiger partial charge in [0.15, 0.2) is 0 Å². The summed E-state index contributed by atoms with van der Waals surface area (Å²) in [5, 5.41) is 0. The van der Waals surface area contributed by atoms with Gasteiger partial charge in [0.25, 0.3) is 0 Å². The van der Waals surface area contributed by atoms with Crippen LogP contribution in [0.1, 0.15) is 53.4 Å². The number of halogens is 2. The van der Waals surface area contributed by atoms with Gasteiger partial charge in [-0.05, 0) is 0 Å². The van der Waals surface area contributed by atoms with Gasteiger partial charge < -0.3 is 34.0 Å². The van der Waals surface area contributed by atoms with Crippen molar-refractivity contribution < 1.29 is 53.1 Å². The van der Waals surface area contributed by atoms with E-state index in [0.29, 0.717) is 0 Å². The van der Waals surface area contributed by atoms with Crippen LogP contribution in [0.2, 0.25) is 13.1 Å². The molecule has 0 heterocycles. The van der Waals surface area contributed by atoms with Crippen LogP contribution in [0.3, 0.4) is 0 Å². The molecule has 2 aliphatic rings. The van der Waals surface area contributed by atoms with E-state index in [1.807, 2.05) is 0 Å². The molecule has 2 rings (SSSR count). The molecular weight excluding hydrogens is 452 g/mol. The molecule has 0 radical (unpaired) electrons. The minimum atomic E-state index is 0. The second-order valence-corrected chi connectivity index (χ2v) is 11.9. The number of rotatable bonds is 2. The largest absolute Gasteiger partial charge is 1.00 e. The molecule has 22 heavy (non-hydrogen) atoms. The molecule has 0 saturated heterocycles. The first-order valence-corrected chi connectivity index (χ1v) is 12.3. The maximum absolute atomic E-state index is 3.28. The molecule has 0 bridgehead atoms. The Morgan fingerprint density at radius 3 is 1.27 bits per heavy atom. The minimum Gasteiger partial charge on any atom is -1.00 e. The molecule has 0 aromatic carbocycles. The molecule has 0 fully saturated rings. The summed E-state index contributed by atoms with van der Waals surface area (Å²) in [7, 11) is 0. The quantitative estimate of drug-likeness (QED) is 0.378. The van der Waals surface area contributed by atoms with Crippen molar-refractivity contribution in [1.29, 1.82) is 0 Å². The third-order valence-corrected chi connectivity index (χ3v) is 3.11. The van der Waals surface area contributed by atoms with E-state index in [9.17, 15) is 0 Å². The molecular formula is C18H28Br2SiTi-2. The van der Waals surface area contributed by atoms with Crippen LogP contribution in [0.4, 0.5) is 0 Å². The van der Waals surface area contributed by atoms with E-state index in [1.165, 1.54) is 22.3 Å². The maximum atomic E-state index is 3.28. The fourth-order valence-electron chi connectivity index (χ4n) is 1.99. The van der Waals surface area contributed by atoms with Crippen molar-refractivity contribution in [1.82, 2.24) is 0 Å². The Hall–Kier alpha value is 0.851. The SMILES string of the molecule is CCC1=[C-]CC=C1C.CCC1=[C-]CC=C1C.C[Si](C)=[Ti+2].[Br-].[Br-]. The first-order chi connectivity index (χ1) is 9.42. The summed E-state index contributed by atoms with van der Waals surface area (Å²) in [5.74, 6) is 0. The summed E-state index contributed by atoms with van der Waals surface area (Å²) in [6, 6.07) is 0. The van der Waals surface area contributed by atoms with Crippen LogP contribution in [0.25, 0.3) is 0 Å². The third-order valence-electron chi connectivity index (χ3n) is 3.11. The normalized spacial score (nSPS) is 14.5. The molecule has 0 spiro atoms. The Kier molecular flexibility index (Phi) is 21.0. The topological polar surface area (TPSA) is 0 Å². The van der Waals surface area contributed by atoms with Gasteiger partial charge in [0.1, 0.15) is 0 Å². The second kappa shape index (κ2) is 16.7. The van der Waals surface area contributed by atoms with E-state index in [4.69, 9.17) is 0 Å². The molecule has 0 aromatic heterocycles. The van der Waals surface area contributed by atoms with Gasteiger partial charge in [-0.1, -0.05) is 26.7 Å². The van der Waals surface area contributed by atoms with Crippen molar-refractivity contribution in [3.8, 4) is 0 Å². The number of hydrogen-bond acceptors (Lipinski definition) is 0. The smallest absolute Gasteiger partial charge is 1.00 e. The van der Waals surface area contributed by atoms with Crippen LogP contribution in [-0.4, -0.2) is 6.19 Å². The Morgan fingerprint density at radius 2 is 1.18 bits per heavy atom. The Balaban J connectivity index is -0.000000249. The van der Waals surface area contributed by atoms with Gasteiger partial charge in [0.05, 0.1) is 0 Å². The van der Waals surface area contributed by atoms with E-state index in [1.54, 1.807) is 0 Å². The molecule has 0 aliphatic heterocycles. The summed E-state index contributed by atoms with van der Waals surface area (Å²) in [6.45, 7) is 13.2. The monoisotopic (exact) mass is 478 g/mol. The molecule has 0 aromatic rings. The van der Waals surface area contributed by atoms with Crippen molar-refractivity contribution in [2.45, 2.75) is 66.5 Å². The predicted octanol–water partition coefficient (Wildman–Crippen LogP) is -0.256. The summed E-state index contributed by atoms with van der Waals surface area (Å²) in [5.41, 5.74) is 5.66. The van der Waals surface area contributed by atoms with E-state index in [0.717, 1.165) is 25.7 Å². The molecule has 0 nitrogen and oxygen atoms in total. The first-order valence-electron chi connectivity index (χ1n) is 7.47. The first kappa shape index (κ1) is 27.7. The van der Waals surface area contributed by atoms with E-state index >= 15 is 0 Å². The Labute approximate surface area is 171 Å². The zero-order valence-corrected chi connectivity index (χ0v) is 20.5. The summed E-state index contributed by atoms with van der Waals surface area (Å²) in [4.78, 5) is 0. The van der Waals surface area contributed by atoms with Crippen molar-refractivity contribution >= 4 is 6.19 Å². The average molecular weight is 480 g/mol. The second-order valence-electron chi connectivity index (χ2n) is 5.20. The fraction of sp³-hybridized carbons (Fsp3) is 0.556. The number of hydrogen-bond donors (Lipinski definition) is 0. The van der Waals surface area contributed by atoms with E-state index < -0.39 is 0 Å². The summed E-state index contributed by atoms with van der Waals surface area (Å²) < 4.78 is 0. The third kappa shape index (κ3) is 13.3. The van der Waals surface area contributed by atoms with E-state index in [2.05, 4.69) is 84.3 Å². The van der Waals surface area contributed by atoms with Gasteiger partial charge in [-0.25, -0.2) is 22.3 Å². The molecule has 2 aliphatic carbocycles. The molecule has 0 unspecified atom stereocenters. The van der Waals surface area contributed by atoms with Gasteiger partial charge in [0, 0.05) is 0 Å². The number of allylic oxidation sites excluding steroid dienone is 8. The zero-order valence-electron chi connectivity index (χ0n) is 14.7. The molecule has 0 atom stereocenters. The van der Waals surface area contributed by atoms with Crippen LogP contribution < -0.4 is 34.0 Å². The standard InChI is InChI=1S/2C8H11.C2H6Si.2BrH.Ti/c2*1-3-8-6-4-5-7(8)2;1-3-2;;;/h2*5H,3-4H2,1-2H3;1-2H3;2*1H;/q2*-1;;;;+2/p-2. The fourth-order valence-corrected chi connectivity index (χ4v) is 1.99. The van der Waals surface area contributed by atoms with Crippen molar-refractivity contribution in [2.75, 3.05) is 0 Å². The van der Waals surface area contributed by atoms with Crippen molar-refractivity contribution in [2.24, 2.45) is 0 Å². The molecule has 0 saturated carbocycles. The van der Waals surface area contributed by atoms with Crippen LogP contribution in [0.5, 0.6) is 0 Å². The van der Waals surface area contributed by atoms with Crippen molar-refractivity contribution in [3.05, 3.63) is 46.6 Å². The zero-order chi connectivity index (χ0) is 15.5. The molecule has 124 valence electrons. The van der Waals surface area contributed by atoms with Gasteiger partial charge in [-0.2, -0.15) is 12.2 Å². The van der Waals surface area contributed by atoms with E-state index in [-0.39, 0.29) is 40.1 Å². The summed E-state index contributed by atoms with van der Waals surface area (Å²) >= 11 is 2.27. The van der Waals surface area contributed by atoms with Crippen LogP contribution in [-0.2, 0) is 19.2 Å². The summed E-state index contributed by atoms with van der Waals surface area (Å²) in [6.07, 6.45) is 15.5. The Bertz CT molecular complexity index is 406. The van der Waals surface area contributed by atoms with Crippen LogP contribution in [0.15, 0.2) is 34.4 Å². The minimum absolute atomic E-state index is 0.